The van der Waals surface area contributed by atoms with E-state index >= 15 is 0 Å². The van der Waals surface area contributed by atoms with Gasteiger partial charge in [0.1, 0.15) is 38.0 Å². The molecule has 0 aliphatic carbocycles. The van der Waals surface area contributed by atoms with Crippen LogP contribution < -0.4 is 0 Å². The van der Waals surface area contributed by atoms with Crippen molar-refractivity contribution in [2.75, 3.05) is 0 Å². The molecule has 0 saturated heterocycles. The lowest BCUT2D eigenvalue weighted by atomic mass is 9.88. The minimum absolute atomic E-state index is 0.673. The van der Waals surface area contributed by atoms with Crippen LogP contribution in [0.1, 0.15) is 33.4 Å². The molecule has 9 nitrogen and oxygen atoms in total. The molecular weight excluding hydrogens is 342 g/mol. The van der Waals surface area contributed by atoms with Crippen molar-refractivity contribution >= 4 is 0 Å². The van der Waals surface area contributed by atoms with E-state index in [0.717, 1.165) is 0 Å². The first kappa shape index (κ1) is 17.1. The molecule has 0 unspecified atom stereocenters. The highest BCUT2D eigenvalue weighted by Gasteiger charge is 2.18. The summed E-state index contributed by atoms with van der Waals surface area (Å²) in [6.45, 7) is 8.51. The van der Waals surface area contributed by atoms with Crippen molar-refractivity contribution in [1.29, 1.82) is 0 Å². The maximum absolute atomic E-state index is 4.28. The van der Waals surface area contributed by atoms with Gasteiger partial charge in [0.2, 0.25) is 0 Å². The van der Waals surface area contributed by atoms with E-state index in [1.54, 1.807) is 38.0 Å². The average Bonchev–Trinajstić information content (AvgIpc) is 3.43. The monoisotopic (exact) mass is 363 g/mol. The largest absolute Gasteiger partial charge is 0.249 e. The zero-order chi connectivity index (χ0) is 18.8. The van der Waals surface area contributed by atoms with Crippen molar-refractivity contribution < 1.29 is 0 Å². The summed E-state index contributed by atoms with van der Waals surface area (Å²) in [7, 11) is 0. The van der Waals surface area contributed by atoms with Crippen LogP contribution in [0.5, 0.6) is 0 Å². The number of nitrogens with zero attached hydrogens (tertiary/aromatic N) is 9. The van der Waals surface area contributed by atoms with Gasteiger partial charge in [-0.05, 0) is 54.2 Å². The second kappa shape index (κ2) is 7.10. The van der Waals surface area contributed by atoms with Gasteiger partial charge >= 0.3 is 0 Å². The Hall–Kier alpha value is -3.36. The van der Waals surface area contributed by atoms with Gasteiger partial charge in [0, 0.05) is 0 Å². The van der Waals surface area contributed by atoms with Gasteiger partial charge < -0.3 is 0 Å². The van der Waals surface area contributed by atoms with E-state index in [4.69, 9.17) is 0 Å². The van der Waals surface area contributed by atoms with Crippen LogP contribution in [0.3, 0.4) is 0 Å². The molecule has 27 heavy (non-hydrogen) atoms. The Kier molecular flexibility index (Phi) is 4.49. The average molecular weight is 363 g/mol. The molecule has 0 bridgehead atoms. The zero-order valence-electron chi connectivity index (χ0n) is 15.6. The molecule has 0 aliphatic rings. The van der Waals surface area contributed by atoms with Crippen LogP contribution in [0.25, 0.3) is 0 Å². The van der Waals surface area contributed by atoms with Gasteiger partial charge in [-0.15, -0.1) is 0 Å². The Morgan fingerprint density at radius 2 is 0.852 bits per heavy atom. The Bertz CT molecular complexity index is 861. The summed E-state index contributed by atoms with van der Waals surface area (Å²) in [5, 5.41) is 12.8. The summed E-state index contributed by atoms with van der Waals surface area (Å²) in [4.78, 5) is 12.2. The quantitative estimate of drug-likeness (QED) is 0.516. The van der Waals surface area contributed by atoms with Gasteiger partial charge in [-0.25, -0.2) is 29.0 Å². The third kappa shape index (κ3) is 3.35. The third-order valence-electron chi connectivity index (χ3n) is 5.08. The van der Waals surface area contributed by atoms with E-state index < -0.39 is 0 Å². The first-order valence-electron chi connectivity index (χ1n) is 8.71. The smallest absolute Gasteiger partial charge is 0.137 e. The summed E-state index contributed by atoms with van der Waals surface area (Å²) < 4.78 is 5.55. The Balaban J connectivity index is 1.83. The molecule has 0 amide bonds. The Labute approximate surface area is 156 Å². The molecule has 0 saturated carbocycles. The van der Waals surface area contributed by atoms with Crippen molar-refractivity contribution in [2.45, 2.75) is 40.4 Å². The van der Waals surface area contributed by atoms with Gasteiger partial charge in [-0.3, -0.25) is 0 Å². The number of hydrogen-bond acceptors (Lipinski definition) is 6. The molecule has 0 aliphatic heterocycles. The summed E-state index contributed by atoms with van der Waals surface area (Å²) >= 11 is 0. The molecule has 4 aromatic rings. The maximum atomic E-state index is 4.28. The van der Waals surface area contributed by atoms with Crippen LogP contribution >= 0.6 is 0 Å². The standard InChI is InChI=1S/C18H21N9/c1-13-16(4-25-10-19-7-22-25)14(2)18(6-27-12-21-9-24-27)15(3)17(13)5-26-11-20-8-23-26/h7-12H,4-6H2,1-3H3. The maximum Gasteiger partial charge on any atom is 0.137 e. The predicted octanol–water partition coefficient (Wildman–Crippen LogP) is 1.53. The van der Waals surface area contributed by atoms with E-state index in [1.165, 1.54) is 33.4 Å². The Morgan fingerprint density at radius 3 is 1.07 bits per heavy atom. The van der Waals surface area contributed by atoms with Gasteiger partial charge in [-0.1, -0.05) is 0 Å². The van der Waals surface area contributed by atoms with E-state index in [1.807, 2.05) is 14.0 Å². The highest BCUT2D eigenvalue weighted by molar-refractivity contribution is 5.51. The highest BCUT2D eigenvalue weighted by atomic mass is 15.3. The van der Waals surface area contributed by atoms with Gasteiger partial charge in [0.25, 0.3) is 0 Å². The lowest BCUT2D eigenvalue weighted by Gasteiger charge is -2.22. The number of rotatable bonds is 6. The molecule has 138 valence electrons. The molecule has 1 aromatic carbocycles. The molecule has 0 N–H and O–H groups in total. The van der Waals surface area contributed by atoms with E-state index in [-0.39, 0.29) is 0 Å². The van der Waals surface area contributed by atoms with Crippen LogP contribution in [0, 0.1) is 20.8 Å². The number of hydrogen-bond donors (Lipinski definition) is 0. The number of benzene rings is 1. The zero-order valence-corrected chi connectivity index (χ0v) is 15.6. The third-order valence-corrected chi connectivity index (χ3v) is 5.08. The summed E-state index contributed by atoms with van der Waals surface area (Å²) in [5.41, 5.74) is 7.49. The molecule has 3 aromatic heterocycles. The first-order chi connectivity index (χ1) is 13.1. The molecule has 0 spiro atoms. The molecule has 0 radical (unpaired) electrons. The molecule has 0 fully saturated rings. The second-order valence-electron chi connectivity index (χ2n) is 6.59. The van der Waals surface area contributed by atoms with E-state index in [0.29, 0.717) is 19.6 Å². The van der Waals surface area contributed by atoms with E-state index in [9.17, 15) is 0 Å². The van der Waals surface area contributed by atoms with Crippen LogP contribution in [0.15, 0.2) is 38.0 Å². The molecule has 3 heterocycles. The van der Waals surface area contributed by atoms with Crippen LogP contribution in [-0.4, -0.2) is 44.3 Å². The van der Waals surface area contributed by atoms with Crippen LogP contribution in [0.4, 0.5) is 0 Å². The first-order valence-corrected chi connectivity index (χ1v) is 8.71. The summed E-state index contributed by atoms with van der Waals surface area (Å²) in [5.74, 6) is 0. The SMILES string of the molecule is Cc1c(Cn2cncn2)c(C)c(Cn2cncn2)c(C)c1Cn1cncn1. The molecule has 9 heteroatoms. The van der Waals surface area contributed by atoms with Crippen molar-refractivity contribution in [3.05, 3.63) is 71.3 Å². The second-order valence-corrected chi connectivity index (χ2v) is 6.59. The van der Waals surface area contributed by atoms with Crippen LogP contribution in [-0.2, 0) is 19.6 Å². The van der Waals surface area contributed by atoms with Gasteiger partial charge in [-0.2, -0.15) is 15.3 Å². The van der Waals surface area contributed by atoms with Crippen molar-refractivity contribution in [1.82, 2.24) is 44.3 Å². The highest BCUT2D eigenvalue weighted by Crippen LogP contribution is 2.29. The fraction of sp³-hybridized carbons (Fsp3) is 0.333. The summed E-state index contributed by atoms with van der Waals surface area (Å²) in [6.07, 6.45) is 9.91. The normalized spacial score (nSPS) is 11.2. The van der Waals surface area contributed by atoms with E-state index in [2.05, 4.69) is 51.0 Å². The fourth-order valence-corrected chi connectivity index (χ4v) is 3.53. The van der Waals surface area contributed by atoms with Crippen molar-refractivity contribution in [2.24, 2.45) is 0 Å². The number of aromatic nitrogens is 9. The van der Waals surface area contributed by atoms with Gasteiger partial charge in [0.15, 0.2) is 0 Å². The summed E-state index contributed by atoms with van der Waals surface area (Å²) in [6, 6.07) is 0. The lowest BCUT2D eigenvalue weighted by Crippen LogP contribution is -2.15. The minimum atomic E-state index is 0.673. The molecule has 4 rings (SSSR count). The van der Waals surface area contributed by atoms with Crippen molar-refractivity contribution in [3.63, 3.8) is 0 Å². The predicted molar refractivity (Wildman–Crippen MR) is 98.0 cm³/mol. The van der Waals surface area contributed by atoms with Crippen LogP contribution in [0.2, 0.25) is 0 Å². The van der Waals surface area contributed by atoms with Crippen molar-refractivity contribution in [3.8, 4) is 0 Å². The molecule has 0 atom stereocenters. The lowest BCUT2D eigenvalue weighted by molar-refractivity contribution is 0.646. The topological polar surface area (TPSA) is 92.1 Å². The minimum Gasteiger partial charge on any atom is -0.249 e. The van der Waals surface area contributed by atoms with Gasteiger partial charge in [0.05, 0.1) is 19.6 Å². The molecular formula is C18H21N9. The fourth-order valence-electron chi connectivity index (χ4n) is 3.53. The Morgan fingerprint density at radius 1 is 0.556 bits per heavy atom.